The Hall–Kier alpha value is -1.64. The molecule has 1 rings (SSSR count). The van der Waals surface area contributed by atoms with Crippen molar-refractivity contribution in [3.8, 4) is 0 Å². The molecule has 0 aliphatic rings. The van der Waals surface area contributed by atoms with Gasteiger partial charge in [0.15, 0.2) is 6.61 Å². The van der Waals surface area contributed by atoms with Gasteiger partial charge < -0.3 is 10.1 Å². The molecule has 0 aliphatic carbocycles. The lowest BCUT2D eigenvalue weighted by Gasteiger charge is -2.14. The van der Waals surface area contributed by atoms with Crippen LogP contribution in [0.25, 0.3) is 0 Å². The van der Waals surface area contributed by atoms with Crippen molar-refractivity contribution in [2.45, 2.75) is 31.1 Å². The average molecular weight is 377 g/mol. The Kier molecular flexibility index (Phi) is 7.65. The molecule has 24 heavy (non-hydrogen) atoms. The molecule has 0 unspecified atom stereocenters. The summed E-state index contributed by atoms with van der Waals surface area (Å²) < 4.78 is 30.1. The van der Waals surface area contributed by atoms with Gasteiger partial charge in [-0.2, -0.15) is 0 Å². The first-order valence-electron chi connectivity index (χ1n) is 7.36. The van der Waals surface area contributed by atoms with Crippen molar-refractivity contribution in [3.63, 3.8) is 0 Å². The molecule has 0 aliphatic heterocycles. The first-order chi connectivity index (χ1) is 11.2. The number of sulfonamides is 1. The summed E-state index contributed by atoms with van der Waals surface area (Å²) in [5.74, 6) is -1.05. The Balaban J connectivity index is 2.77. The normalized spacial score (nSPS) is 11.4. The fourth-order valence-corrected chi connectivity index (χ4v) is 2.79. The van der Waals surface area contributed by atoms with Gasteiger partial charge >= 0.3 is 5.97 Å². The number of benzene rings is 1. The third kappa shape index (κ3) is 5.77. The highest BCUT2D eigenvalue weighted by molar-refractivity contribution is 7.89. The van der Waals surface area contributed by atoms with Gasteiger partial charge in [0.1, 0.15) is 0 Å². The summed E-state index contributed by atoms with van der Waals surface area (Å²) in [7, 11) is -0.848. The number of nitrogens with one attached hydrogen (secondary N) is 1. The molecule has 1 N–H and O–H groups in total. The van der Waals surface area contributed by atoms with E-state index in [0.717, 1.165) is 10.7 Å². The summed E-state index contributed by atoms with van der Waals surface area (Å²) in [6.07, 6.45) is 1.79. The standard InChI is InChI=1S/C15H21ClN2O5S/c1-4-5-6-15(20)23-10-14(19)17-13-9-11(7-8-12(13)16)24(21,22)18(2)3/h7-9H,4-6,10H2,1-3H3,(H,17,19). The number of anilines is 1. The highest BCUT2D eigenvalue weighted by Gasteiger charge is 2.19. The van der Waals surface area contributed by atoms with Crippen LogP contribution >= 0.6 is 11.6 Å². The third-order valence-electron chi connectivity index (χ3n) is 3.09. The van der Waals surface area contributed by atoms with Crippen molar-refractivity contribution in [2.24, 2.45) is 0 Å². The maximum absolute atomic E-state index is 12.1. The summed E-state index contributed by atoms with van der Waals surface area (Å²) in [5.41, 5.74) is 0.134. The lowest BCUT2D eigenvalue weighted by molar-refractivity contribution is -0.147. The highest BCUT2D eigenvalue weighted by atomic mass is 35.5. The molecule has 9 heteroatoms. The zero-order valence-electron chi connectivity index (χ0n) is 13.8. The van der Waals surface area contributed by atoms with Gasteiger partial charge in [0.05, 0.1) is 15.6 Å². The molecule has 0 aromatic heterocycles. The van der Waals surface area contributed by atoms with Crippen LogP contribution in [0.4, 0.5) is 5.69 Å². The second-order valence-electron chi connectivity index (χ2n) is 5.24. The van der Waals surface area contributed by atoms with Crippen molar-refractivity contribution in [3.05, 3.63) is 23.2 Å². The van der Waals surface area contributed by atoms with E-state index in [1.807, 2.05) is 6.92 Å². The maximum atomic E-state index is 12.1. The second kappa shape index (κ2) is 9.00. The number of unbranched alkanes of at least 4 members (excludes halogenated alkanes) is 1. The van der Waals surface area contributed by atoms with E-state index in [-0.39, 0.29) is 22.0 Å². The van der Waals surface area contributed by atoms with E-state index in [0.29, 0.717) is 6.42 Å². The fourth-order valence-electron chi connectivity index (χ4n) is 1.70. The van der Waals surface area contributed by atoms with E-state index >= 15 is 0 Å². The van der Waals surface area contributed by atoms with Crippen molar-refractivity contribution in [1.29, 1.82) is 0 Å². The van der Waals surface area contributed by atoms with Crippen LogP contribution in [0.2, 0.25) is 5.02 Å². The van der Waals surface area contributed by atoms with Gasteiger partial charge in [-0.25, -0.2) is 12.7 Å². The van der Waals surface area contributed by atoms with Gasteiger partial charge in [0, 0.05) is 20.5 Å². The predicted molar refractivity (Wildman–Crippen MR) is 91.4 cm³/mol. The van der Waals surface area contributed by atoms with Gasteiger partial charge in [-0.3, -0.25) is 9.59 Å². The number of carbonyl (C=O) groups excluding carboxylic acids is 2. The molecule has 0 radical (unpaired) electrons. The topological polar surface area (TPSA) is 92.8 Å². The smallest absolute Gasteiger partial charge is 0.306 e. The average Bonchev–Trinajstić information content (AvgIpc) is 2.52. The van der Waals surface area contributed by atoms with Crippen molar-refractivity contribution in [1.82, 2.24) is 4.31 Å². The van der Waals surface area contributed by atoms with Crippen molar-refractivity contribution in [2.75, 3.05) is 26.0 Å². The van der Waals surface area contributed by atoms with E-state index in [1.165, 1.54) is 32.3 Å². The molecule has 1 aromatic rings. The van der Waals surface area contributed by atoms with Crippen LogP contribution in [0.5, 0.6) is 0 Å². The summed E-state index contributed by atoms with van der Waals surface area (Å²) in [4.78, 5) is 23.2. The number of carbonyl (C=O) groups is 2. The first-order valence-corrected chi connectivity index (χ1v) is 9.17. The molecule has 0 saturated heterocycles. The van der Waals surface area contributed by atoms with Crippen LogP contribution < -0.4 is 5.32 Å². The monoisotopic (exact) mass is 376 g/mol. The Labute approximate surface area is 147 Å². The minimum Gasteiger partial charge on any atom is -0.456 e. The summed E-state index contributed by atoms with van der Waals surface area (Å²) in [6.45, 7) is 1.49. The molecular formula is C15H21ClN2O5S. The predicted octanol–water partition coefficient (Wildman–Crippen LogP) is 2.26. The Morgan fingerprint density at radius 1 is 1.29 bits per heavy atom. The van der Waals surface area contributed by atoms with Crippen LogP contribution in [0.15, 0.2) is 23.1 Å². The van der Waals surface area contributed by atoms with Crippen LogP contribution in [0.1, 0.15) is 26.2 Å². The van der Waals surface area contributed by atoms with Crippen molar-refractivity contribution < 1.29 is 22.7 Å². The number of amides is 1. The molecule has 0 saturated carbocycles. The molecule has 0 heterocycles. The molecule has 134 valence electrons. The third-order valence-corrected chi connectivity index (χ3v) is 5.23. The molecule has 7 nitrogen and oxygen atoms in total. The van der Waals surface area contributed by atoms with Gasteiger partial charge in [-0.05, 0) is 24.6 Å². The van der Waals surface area contributed by atoms with Crippen molar-refractivity contribution >= 4 is 39.2 Å². The molecular weight excluding hydrogens is 356 g/mol. The zero-order valence-corrected chi connectivity index (χ0v) is 15.4. The molecule has 0 bridgehead atoms. The largest absolute Gasteiger partial charge is 0.456 e. The molecule has 0 atom stereocenters. The minimum absolute atomic E-state index is 0.00728. The number of nitrogens with zero attached hydrogens (tertiary/aromatic N) is 1. The summed E-state index contributed by atoms with van der Waals surface area (Å²) in [5, 5.41) is 2.62. The SMILES string of the molecule is CCCCC(=O)OCC(=O)Nc1cc(S(=O)(=O)N(C)C)ccc1Cl. The minimum atomic E-state index is -3.65. The van der Waals surface area contributed by atoms with E-state index in [9.17, 15) is 18.0 Å². The number of hydrogen-bond acceptors (Lipinski definition) is 5. The maximum Gasteiger partial charge on any atom is 0.306 e. The quantitative estimate of drug-likeness (QED) is 0.702. The van der Waals surface area contributed by atoms with E-state index in [2.05, 4.69) is 5.32 Å². The number of esters is 1. The van der Waals surface area contributed by atoms with E-state index in [4.69, 9.17) is 16.3 Å². The number of halogens is 1. The highest BCUT2D eigenvalue weighted by Crippen LogP contribution is 2.26. The van der Waals surface area contributed by atoms with Gasteiger partial charge in [-0.15, -0.1) is 0 Å². The first kappa shape index (κ1) is 20.4. The van der Waals surface area contributed by atoms with Crippen LogP contribution in [-0.4, -0.2) is 45.3 Å². The number of ether oxygens (including phenoxy) is 1. The molecule has 1 aromatic carbocycles. The van der Waals surface area contributed by atoms with Gasteiger partial charge in [0.2, 0.25) is 10.0 Å². The lowest BCUT2D eigenvalue weighted by Crippen LogP contribution is -2.23. The Morgan fingerprint density at radius 2 is 1.96 bits per heavy atom. The van der Waals surface area contributed by atoms with E-state index < -0.39 is 28.5 Å². The summed E-state index contributed by atoms with van der Waals surface area (Å²) in [6, 6.07) is 3.98. The van der Waals surface area contributed by atoms with Crippen LogP contribution in [0.3, 0.4) is 0 Å². The fraction of sp³-hybridized carbons (Fsp3) is 0.467. The number of rotatable bonds is 8. The molecule has 0 spiro atoms. The van der Waals surface area contributed by atoms with Gasteiger partial charge in [0.25, 0.3) is 5.91 Å². The molecule has 0 fully saturated rings. The van der Waals surface area contributed by atoms with Crippen LogP contribution in [0, 0.1) is 0 Å². The Morgan fingerprint density at radius 3 is 2.54 bits per heavy atom. The van der Waals surface area contributed by atoms with E-state index in [1.54, 1.807) is 0 Å². The van der Waals surface area contributed by atoms with Crippen LogP contribution in [-0.2, 0) is 24.3 Å². The number of hydrogen-bond donors (Lipinski definition) is 1. The Bertz CT molecular complexity index is 704. The lowest BCUT2D eigenvalue weighted by atomic mass is 10.2. The summed E-state index contributed by atoms with van der Waals surface area (Å²) >= 11 is 5.97. The molecule has 1 amide bonds. The second-order valence-corrected chi connectivity index (χ2v) is 7.80. The van der Waals surface area contributed by atoms with Gasteiger partial charge in [-0.1, -0.05) is 24.9 Å². The zero-order chi connectivity index (χ0) is 18.3.